The first-order valence-corrected chi connectivity index (χ1v) is 7.08. The van der Waals surface area contributed by atoms with E-state index in [0.717, 1.165) is 0 Å². The summed E-state index contributed by atoms with van der Waals surface area (Å²) in [6.07, 6.45) is 0. The number of nitriles is 1. The Labute approximate surface area is 107 Å². The van der Waals surface area contributed by atoms with Gasteiger partial charge in [0, 0.05) is 13.1 Å². The fourth-order valence-electron chi connectivity index (χ4n) is 1.87. The van der Waals surface area contributed by atoms with Crippen LogP contribution in [0.15, 0.2) is 23.1 Å². The normalized spacial score (nSPS) is 17.3. The molecule has 0 aromatic heterocycles. The van der Waals surface area contributed by atoms with E-state index < -0.39 is 10.0 Å². The monoisotopic (exact) mass is 266 g/mol. The molecule has 1 aliphatic heterocycles. The van der Waals surface area contributed by atoms with Crippen LogP contribution in [0.3, 0.4) is 0 Å². The number of sulfonamides is 1. The van der Waals surface area contributed by atoms with Crippen LogP contribution in [0.2, 0.25) is 0 Å². The number of nitrogens with zero attached hydrogens (tertiary/aromatic N) is 2. The minimum Gasteiger partial charge on any atom is -0.379 e. The molecule has 1 aromatic carbocycles. The molecule has 6 heteroatoms. The second kappa shape index (κ2) is 5.06. The van der Waals surface area contributed by atoms with E-state index in [1.807, 2.05) is 6.07 Å². The average molecular weight is 266 g/mol. The smallest absolute Gasteiger partial charge is 0.243 e. The van der Waals surface area contributed by atoms with E-state index in [0.29, 0.717) is 37.4 Å². The number of aryl methyl sites for hydroxylation is 1. The topological polar surface area (TPSA) is 70.4 Å². The number of benzene rings is 1. The van der Waals surface area contributed by atoms with Crippen molar-refractivity contribution in [2.45, 2.75) is 11.8 Å². The highest BCUT2D eigenvalue weighted by atomic mass is 32.2. The summed E-state index contributed by atoms with van der Waals surface area (Å²) in [7, 11) is -3.52. The van der Waals surface area contributed by atoms with E-state index in [1.165, 1.54) is 10.4 Å². The highest BCUT2D eigenvalue weighted by Crippen LogP contribution is 2.21. The second-order valence-electron chi connectivity index (χ2n) is 4.11. The van der Waals surface area contributed by atoms with Gasteiger partial charge in [0.2, 0.25) is 10.0 Å². The van der Waals surface area contributed by atoms with E-state index in [4.69, 9.17) is 10.00 Å². The summed E-state index contributed by atoms with van der Waals surface area (Å²) in [5.74, 6) is 0. The molecule has 18 heavy (non-hydrogen) atoms. The van der Waals surface area contributed by atoms with Crippen molar-refractivity contribution in [3.05, 3.63) is 29.3 Å². The summed E-state index contributed by atoms with van der Waals surface area (Å²) in [5.41, 5.74) is 1.01. The minimum atomic E-state index is -3.52. The van der Waals surface area contributed by atoms with Crippen molar-refractivity contribution in [2.24, 2.45) is 0 Å². The van der Waals surface area contributed by atoms with Crippen molar-refractivity contribution in [1.29, 1.82) is 5.26 Å². The fraction of sp³-hybridized carbons (Fsp3) is 0.417. The molecule has 0 aliphatic carbocycles. The third-order valence-corrected chi connectivity index (χ3v) is 4.95. The minimum absolute atomic E-state index is 0.212. The van der Waals surface area contributed by atoms with Gasteiger partial charge in [0.05, 0.1) is 29.7 Å². The summed E-state index contributed by atoms with van der Waals surface area (Å²) < 4.78 is 31.4. The third-order valence-electron chi connectivity index (χ3n) is 2.91. The van der Waals surface area contributed by atoms with Gasteiger partial charge in [-0.05, 0) is 24.6 Å². The standard InChI is InChI=1S/C12H14N2O3S/c1-10-2-3-11(9-13)8-12(10)18(15,16)14-4-6-17-7-5-14/h2-3,8H,4-7H2,1H3. The van der Waals surface area contributed by atoms with Gasteiger partial charge in [-0.1, -0.05) is 6.07 Å². The first kappa shape index (κ1) is 13.0. The Hall–Kier alpha value is -1.42. The van der Waals surface area contributed by atoms with Gasteiger partial charge in [0.15, 0.2) is 0 Å². The van der Waals surface area contributed by atoms with Gasteiger partial charge in [-0.15, -0.1) is 0 Å². The summed E-state index contributed by atoms with van der Waals surface area (Å²) in [6, 6.07) is 6.67. The molecule has 1 fully saturated rings. The maximum absolute atomic E-state index is 12.4. The molecule has 1 aliphatic rings. The Morgan fingerprint density at radius 2 is 2.00 bits per heavy atom. The lowest BCUT2D eigenvalue weighted by atomic mass is 10.2. The predicted molar refractivity (Wildman–Crippen MR) is 65.5 cm³/mol. The van der Waals surface area contributed by atoms with Crippen LogP contribution in [0.1, 0.15) is 11.1 Å². The SMILES string of the molecule is Cc1ccc(C#N)cc1S(=O)(=O)N1CCOCC1. The van der Waals surface area contributed by atoms with Crippen LogP contribution >= 0.6 is 0 Å². The summed E-state index contributed by atoms with van der Waals surface area (Å²) in [4.78, 5) is 0.212. The van der Waals surface area contributed by atoms with Crippen LogP contribution in [0.5, 0.6) is 0 Å². The summed E-state index contributed by atoms with van der Waals surface area (Å²) in [5, 5.41) is 8.85. The Bertz CT molecular complexity index is 584. The quantitative estimate of drug-likeness (QED) is 0.797. The van der Waals surface area contributed by atoms with Gasteiger partial charge in [0.1, 0.15) is 0 Å². The van der Waals surface area contributed by atoms with Crippen LogP contribution in [-0.4, -0.2) is 39.0 Å². The van der Waals surface area contributed by atoms with Gasteiger partial charge < -0.3 is 4.74 Å². The Kier molecular flexibility index (Phi) is 3.66. The van der Waals surface area contributed by atoms with Crippen LogP contribution in [-0.2, 0) is 14.8 Å². The molecule has 0 radical (unpaired) electrons. The highest BCUT2D eigenvalue weighted by molar-refractivity contribution is 7.89. The predicted octanol–water partition coefficient (Wildman–Crippen LogP) is 0.888. The van der Waals surface area contributed by atoms with Crippen molar-refractivity contribution in [1.82, 2.24) is 4.31 Å². The molecule has 1 aromatic rings. The molecule has 0 bridgehead atoms. The molecule has 1 saturated heterocycles. The van der Waals surface area contributed by atoms with E-state index in [-0.39, 0.29) is 4.90 Å². The summed E-state index contributed by atoms with van der Waals surface area (Å²) in [6.45, 7) is 3.28. The lowest BCUT2D eigenvalue weighted by Gasteiger charge is -2.26. The lowest BCUT2D eigenvalue weighted by Crippen LogP contribution is -2.40. The van der Waals surface area contributed by atoms with E-state index in [9.17, 15) is 8.42 Å². The number of hydrogen-bond acceptors (Lipinski definition) is 4. The fourth-order valence-corrected chi connectivity index (χ4v) is 3.53. The van der Waals surface area contributed by atoms with Gasteiger partial charge in [-0.2, -0.15) is 9.57 Å². The second-order valence-corrected chi connectivity index (χ2v) is 6.01. The maximum Gasteiger partial charge on any atom is 0.243 e. The molecule has 5 nitrogen and oxygen atoms in total. The molecule has 1 heterocycles. The molecule has 0 spiro atoms. The molecule has 0 unspecified atom stereocenters. The third kappa shape index (κ3) is 2.38. The van der Waals surface area contributed by atoms with Gasteiger partial charge in [0.25, 0.3) is 0 Å². The van der Waals surface area contributed by atoms with Crippen molar-refractivity contribution < 1.29 is 13.2 Å². The average Bonchev–Trinajstić information content (AvgIpc) is 2.40. The zero-order valence-electron chi connectivity index (χ0n) is 10.1. The number of morpholine rings is 1. The van der Waals surface area contributed by atoms with Crippen molar-refractivity contribution in [3.8, 4) is 6.07 Å². The van der Waals surface area contributed by atoms with Crippen molar-refractivity contribution in [2.75, 3.05) is 26.3 Å². The van der Waals surface area contributed by atoms with Gasteiger partial charge >= 0.3 is 0 Å². The van der Waals surface area contributed by atoms with Crippen LogP contribution in [0.4, 0.5) is 0 Å². The zero-order chi connectivity index (χ0) is 13.2. The first-order chi connectivity index (χ1) is 8.55. The maximum atomic E-state index is 12.4. The Morgan fingerprint density at radius 3 is 2.61 bits per heavy atom. The Balaban J connectivity index is 2.43. The van der Waals surface area contributed by atoms with Crippen molar-refractivity contribution >= 4 is 10.0 Å². The molecule has 0 saturated carbocycles. The molecular formula is C12H14N2O3S. The van der Waals surface area contributed by atoms with E-state index in [2.05, 4.69) is 0 Å². The van der Waals surface area contributed by atoms with Crippen LogP contribution in [0, 0.1) is 18.3 Å². The molecule has 0 amide bonds. The first-order valence-electron chi connectivity index (χ1n) is 5.64. The van der Waals surface area contributed by atoms with Crippen LogP contribution < -0.4 is 0 Å². The van der Waals surface area contributed by atoms with E-state index in [1.54, 1.807) is 19.1 Å². The van der Waals surface area contributed by atoms with Crippen molar-refractivity contribution in [3.63, 3.8) is 0 Å². The number of rotatable bonds is 2. The molecule has 96 valence electrons. The number of hydrogen-bond donors (Lipinski definition) is 0. The Morgan fingerprint density at radius 1 is 1.33 bits per heavy atom. The van der Waals surface area contributed by atoms with E-state index >= 15 is 0 Å². The largest absolute Gasteiger partial charge is 0.379 e. The number of ether oxygens (including phenoxy) is 1. The lowest BCUT2D eigenvalue weighted by molar-refractivity contribution is 0.0730. The molecule has 0 atom stereocenters. The zero-order valence-corrected chi connectivity index (χ0v) is 10.9. The summed E-state index contributed by atoms with van der Waals surface area (Å²) >= 11 is 0. The van der Waals surface area contributed by atoms with Gasteiger partial charge in [-0.25, -0.2) is 8.42 Å². The van der Waals surface area contributed by atoms with Crippen LogP contribution in [0.25, 0.3) is 0 Å². The van der Waals surface area contributed by atoms with Gasteiger partial charge in [-0.3, -0.25) is 0 Å². The molecule has 0 N–H and O–H groups in total. The molecule has 2 rings (SSSR count). The highest BCUT2D eigenvalue weighted by Gasteiger charge is 2.27. The molecular weight excluding hydrogens is 252 g/mol.